The number of aliphatic carboxylic acids is 1. The van der Waals surface area contributed by atoms with Gasteiger partial charge in [-0.2, -0.15) is 0 Å². The van der Waals surface area contributed by atoms with E-state index in [1.54, 1.807) is 0 Å². The van der Waals surface area contributed by atoms with Crippen LogP contribution in [0.4, 0.5) is 11.4 Å². The van der Waals surface area contributed by atoms with Crippen LogP contribution in [0.15, 0.2) is 58.5 Å². The third-order valence-corrected chi connectivity index (χ3v) is 3.55. The molecule has 0 aliphatic carbocycles. The van der Waals surface area contributed by atoms with E-state index in [1.165, 1.54) is 11.3 Å². The van der Waals surface area contributed by atoms with E-state index in [-0.39, 0.29) is 0 Å². The Morgan fingerprint density at radius 3 is 2.84 bits per heavy atom. The van der Waals surface area contributed by atoms with Crippen LogP contribution < -0.4 is 10.4 Å². The molecule has 0 spiro atoms. The Morgan fingerprint density at radius 1 is 1.26 bits per heavy atom. The zero-order chi connectivity index (χ0) is 13.2. The summed E-state index contributed by atoms with van der Waals surface area (Å²) in [4.78, 5) is 16.3. The Bertz CT molecular complexity index is 687. The Kier molecular flexibility index (Phi) is 2.89. The van der Waals surface area contributed by atoms with Crippen molar-refractivity contribution in [1.29, 1.82) is 0 Å². The van der Waals surface area contributed by atoms with Crippen molar-refractivity contribution < 1.29 is 9.90 Å². The number of nitrogens with one attached hydrogen (secondary N) is 1. The van der Waals surface area contributed by atoms with Gasteiger partial charge in [0, 0.05) is 0 Å². The Morgan fingerprint density at radius 2 is 2.11 bits per heavy atom. The van der Waals surface area contributed by atoms with Gasteiger partial charge in [0.1, 0.15) is 5.71 Å². The number of aliphatic imine (C=N–C) groups is 1. The summed E-state index contributed by atoms with van der Waals surface area (Å²) in [6.07, 6.45) is 1.04. The van der Waals surface area contributed by atoms with Crippen molar-refractivity contribution in [2.45, 2.75) is 0 Å². The Balaban J connectivity index is 2.16. The van der Waals surface area contributed by atoms with Crippen molar-refractivity contribution in [2.75, 3.05) is 5.32 Å². The number of allylic oxidation sites excluding steroid dienone is 1. The number of hydrogen-bond donors (Lipinski definition) is 1. The lowest BCUT2D eigenvalue weighted by Crippen LogP contribution is -2.24. The summed E-state index contributed by atoms with van der Waals surface area (Å²) in [5.74, 6) is -1.24. The van der Waals surface area contributed by atoms with E-state index in [0.29, 0.717) is 11.4 Å². The van der Waals surface area contributed by atoms with Crippen LogP contribution in [0.25, 0.3) is 0 Å². The van der Waals surface area contributed by atoms with E-state index < -0.39 is 5.97 Å². The van der Waals surface area contributed by atoms with Crippen LogP contribution in [0, 0.1) is 0 Å². The van der Waals surface area contributed by atoms with Crippen LogP contribution in [0.3, 0.4) is 0 Å². The maximum Gasteiger partial charge on any atom is 0.104 e. The molecule has 0 saturated carbocycles. The molecule has 1 aromatic carbocycles. The quantitative estimate of drug-likeness (QED) is 0.847. The van der Waals surface area contributed by atoms with Crippen LogP contribution in [0.1, 0.15) is 4.88 Å². The minimum atomic E-state index is -1.24. The maximum absolute atomic E-state index is 10.8. The number of nitrogens with zero attached hydrogens (tertiary/aromatic N) is 1. The molecule has 0 bridgehead atoms. The highest BCUT2D eigenvalue weighted by molar-refractivity contribution is 7.12. The Hall–Kier alpha value is -2.40. The van der Waals surface area contributed by atoms with Crippen molar-refractivity contribution in [3.8, 4) is 0 Å². The average molecular weight is 269 g/mol. The largest absolute Gasteiger partial charge is 0.545 e. The zero-order valence-electron chi connectivity index (χ0n) is 9.79. The standard InChI is InChI=1S/C14H10N2O2S/c17-13(18)8-11-14(12-6-3-7-19-12)16-10-5-2-1-4-9(10)15-11/h1-8,15H,(H,17,18)/p-1/b11-8-. The molecular formula is C14H9N2O2S-. The lowest BCUT2D eigenvalue weighted by atomic mass is 10.1. The second kappa shape index (κ2) is 4.70. The highest BCUT2D eigenvalue weighted by atomic mass is 32.1. The molecule has 0 saturated heterocycles. The molecule has 0 radical (unpaired) electrons. The molecule has 0 atom stereocenters. The van der Waals surface area contributed by atoms with Crippen molar-refractivity contribution in [3.63, 3.8) is 0 Å². The first-order chi connectivity index (χ1) is 9.24. The fourth-order valence-electron chi connectivity index (χ4n) is 1.89. The molecule has 2 heterocycles. The number of rotatable bonds is 2. The predicted molar refractivity (Wildman–Crippen MR) is 73.7 cm³/mol. The molecule has 0 unspecified atom stereocenters. The number of thiophene rings is 1. The molecular weight excluding hydrogens is 260 g/mol. The molecule has 3 rings (SSSR count). The number of carboxylic acids is 1. The van der Waals surface area contributed by atoms with Gasteiger partial charge in [-0.05, 0) is 29.7 Å². The van der Waals surface area contributed by atoms with Crippen LogP contribution >= 0.6 is 11.3 Å². The summed E-state index contributed by atoms with van der Waals surface area (Å²) in [6, 6.07) is 11.3. The molecule has 2 aromatic rings. The SMILES string of the molecule is O=C([O-])/C=C1\Nc2ccccc2N=C1c1cccs1. The number of carbonyl (C=O) groups is 1. The molecule has 1 aromatic heterocycles. The van der Waals surface area contributed by atoms with Crippen LogP contribution in [-0.2, 0) is 4.79 Å². The highest BCUT2D eigenvalue weighted by Gasteiger charge is 2.18. The van der Waals surface area contributed by atoms with E-state index >= 15 is 0 Å². The summed E-state index contributed by atoms with van der Waals surface area (Å²) < 4.78 is 0. The van der Waals surface area contributed by atoms with Gasteiger partial charge in [-0.3, -0.25) is 0 Å². The first-order valence-corrected chi connectivity index (χ1v) is 6.53. The third-order valence-electron chi connectivity index (χ3n) is 2.68. The second-order valence-electron chi connectivity index (χ2n) is 3.96. The molecule has 19 heavy (non-hydrogen) atoms. The fraction of sp³-hybridized carbons (Fsp3) is 0. The normalized spacial score (nSPS) is 15.6. The summed E-state index contributed by atoms with van der Waals surface area (Å²) in [5, 5.41) is 15.8. The van der Waals surface area contributed by atoms with Gasteiger partial charge in [0.2, 0.25) is 0 Å². The monoisotopic (exact) mass is 269 g/mol. The van der Waals surface area contributed by atoms with E-state index in [0.717, 1.165) is 22.3 Å². The van der Waals surface area contributed by atoms with Gasteiger partial charge in [-0.1, -0.05) is 18.2 Å². The van der Waals surface area contributed by atoms with E-state index in [9.17, 15) is 9.90 Å². The molecule has 0 amide bonds. The number of fused-ring (bicyclic) bond motifs is 1. The third kappa shape index (κ3) is 2.28. The van der Waals surface area contributed by atoms with Crippen molar-refractivity contribution in [2.24, 2.45) is 4.99 Å². The van der Waals surface area contributed by atoms with Gasteiger partial charge < -0.3 is 15.2 Å². The number of para-hydroxylation sites is 2. The summed E-state index contributed by atoms with van der Waals surface area (Å²) in [6.45, 7) is 0. The maximum atomic E-state index is 10.8. The smallest absolute Gasteiger partial charge is 0.104 e. The number of benzene rings is 1. The predicted octanol–water partition coefficient (Wildman–Crippen LogP) is 1.93. The minimum absolute atomic E-state index is 0.446. The first kappa shape index (κ1) is 11.7. The first-order valence-electron chi connectivity index (χ1n) is 5.66. The molecule has 1 aliphatic rings. The van der Waals surface area contributed by atoms with Gasteiger partial charge in [0.05, 0.1) is 27.9 Å². The molecule has 1 N–H and O–H groups in total. The fourth-order valence-corrected chi connectivity index (χ4v) is 2.61. The van der Waals surface area contributed by atoms with E-state index in [1.807, 2.05) is 41.8 Å². The van der Waals surface area contributed by atoms with Gasteiger partial charge in [0.15, 0.2) is 0 Å². The van der Waals surface area contributed by atoms with Crippen LogP contribution in [0.5, 0.6) is 0 Å². The second-order valence-corrected chi connectivity index (χ2v) is 4.90. The van der Waals surface area contributed by atoms with Crippen LogP contribution in [0.2, 0.25) is 0 Å². The van der Waals surface area contributed by atoms with Gasteiger partial charge in [-0.25, -0.2) is 4.99 Å². The summed E-state index contributed by atoms with van der Waals surface area (Å²) in [5.41, 5.74) is 2.65. The van der Waals surface area contributed by atoms with Crippen molar-refractivity contribution in [1.82, 2.24) is 0 Å². The number of hydrogen-bond acceptors (Lipinski definition) is 5. The Labute approximate surface area is 113 Å². The summed E-state index contributed by atoms with van der Waals surface area (Å²) in [7, 11) is 0. The molecule has 1 aliphatic heterocycles. The lowest BCUT2D eigenvalue weighted by molar-refractivity contribution is -0.297. The van der Waals surface area contributed by atoms with Gasteiger partial charge in [-0.15, -0.1) is 11.3 Å². The summed E-state index contributed by atoms with van der Waals surface area (Å²) >= 11 is 1.51. The zero-order valence-corrected chi connectivity index (χ0v) is 10.6. The van der Waals surface area contributed by atoms with E-state index in [4.69, 9.17) is 0 Å². The van der Waals surface area contributed by atoms with Crippen molar-refractivity contribution in [3.05, 3.63) is 58.4 Å². The average Bonchev–Trinajstić information content (AvgIpc) is 2.91. The molecule has 94 valence electrons. The number of anilines is 1. The topological polar surface area (TPSA) is 64.5 Å². The molecule has 5 heteroatoms. The molecule has 4 nitrogen and oxygen atoms in total. The van der Waals surface area contributed by atoms with E-state index in [2.05, 4.69) is 10.3 Å². The van der Waals surface area contributed by atoms with Crippen LogP contribution in [-0.4, -0.2) is 11.7 Å². The molecule has 0 fully saturated rings. The lowest BCUT2D eigenvalue weighted by Gasteiger charge is -2.20. The number of carboxylic acid groups (broad SMARTS) is 1. The highest BCUT2D eigenvalue weighted by Crippen LogP contribution is 2.33. The van der Waals surface area contributed by atoms with Gasteiger partial charge >= 0.3 is 0 Å². The van der Waals surface area contributed by atoms with Crippen molar-refractivity contribution >= 4 is 34.4 Å². The van der Waals surface area contributed by atoms with Gasteiger partial charge in [0.25, 0.3) is 0 Å². The number of carbonyl (C=O) groups excluding carboxylic acids is 1. The minimum Gasteiger partial charge on any atom is -0.545 e.